The Morgan fingerprint density at radius 1 is 0.964 bits per heavy atom. The van der Waals surface area contributed by atoms with Gasteiger partial charge in [-0.3, -0.25) is 14.4 Å². The fraction of sp³-hybridized carbons (Fsp3) is 0.381. The molecule has 0 N–H and O–H groups in total. The van der Waals surface area contributed by atoms with Gasteiger partial charge in [0.1, 0.15) is 5.76 Å². The summed E-state index contributed by atoms with van der Waals surface area (Å²) in [4.78, 5) is 42.9. The molecule has 2 aromatic rings. The third kappa shape index (κ3) is 3.78. The predicted octanol–water partition coefficient (Wildman–Crippen LogP) is 1.61. The summed E-state index contributed by atoms with van der Waals surface area (Å²) >= 11 is 0. The van der Waals surface area contributed by atoms with Crippen LogP contribution in [0.4, 0.5) is 0 Å². The third-order valence-corrected chi connectivity index (χ3v) is 5.39. The lowest BCUT2D eigenvalue weighted by Crippen LogP contribution is -2.52. The number of hydrogen-bond acceptors (Lipinski definition) is 4. The molecule has 2 saturated heterocycles. The number of amides is 3. The molecule has 7 nitrogen and oxygen atoms in total. The van der Waals surface area contributed by atoms with E-state index in [2.05, 4.69) is 0 Å². The van der Waals surface area contributed by atoms with Crippen LogP contribution in [0, 0.1) is 5.92 Å². The van der Waals surface area contributed by atoms with Crippen molar-refractivity contribution in [2.45, 2.75) is 13.0 Å². The highest BCUT2D eigenvalue weighted by Crippen LogP contribution is 2.23. The van der Waals surface area contributed by atoms with Crippen molar-refractivity contribution in [1.82, 2.24) is 14.7 Å². The second-order valence-corrected chi connectivity index (χ2v) is 7.24. The molecule has 2 aliphatic heterocycles. The molecule has 146 valence electrons. The smallest absolute Gasteiger partial charge is 0.253 e. The van der Waals surface area contributed by atoms with Crippen LogP contribution in [0.3, 0.4) is 0 Å². The van der Waals surface area contributed by atoms with E-state index < -0.39 is 0 Å². The second kappa shape index (κ2) is 7.88. The first-order valence-corrected chi connectivity index (χ1v) is 9.55. The first kappa shape index (κ1) is 18.3. The Balaban J connectivity index is 1.30. The number of likely N-dealkylation sites (tertiary alicyclic amines) is 1. The van der Waals surface area contributed by atoms with Crippen molar-refractivity contribution in [2.24, 2.45) is 5.92 Å². The molecule has 3 heterocycles. The van der Waals surface area contributed by atoms with Gasteiger partial charge < -0.3 is 19.1 Å². The van der Waals surface area contributed by atoms with Crippen LogP contribution in [-0.2, 0) is 16.1 Å². The highest BCUT2D eigenvalue weighted by atomic mass is 16.3. The lowest BCUT2D eigenvalue weighted by Gasteiger charge is -2.36. The van der Waals surface area contributed by atoms with E-state index in [9.17, 15) is 14.4 Å². The van der Waals surface area contributed by atoms with Crippen molar-refractivity contribution in [3.05, 3.63) is 60.1 Å². The minimum absolute atomic E-state index is 0.00195. The highest BCUT2D eigenvalue weighted by Gasteiger charge is 2.37. The number of nitrogens with zero attached hydrogens (tertiary/aromatic N) is 3. The van der Waals surface area contributed by atoms with Crippen LogP contribution in [0.25, 0.3) is 0 Å². The lowest BCUT2D eigenvalue weighted by atomic mass is 10.1. The first-order chi connectivity index (χ1) is 13.6. The Bertz CT molecular complexity index is 842. The van der Waals surface area contributed by atoms with Gasteiger partial charge in [0.25, 0.3) is 5.91 Å². The molecule has 1 aromatic heterocycles. The molecule has 1 aromatic carbocycles. The molecule has 3 amide bonds. The van der Waals surface area contributed by atoms with Crippen molar-refractivity contribution >= 4 is 17.7 Å². The zero-order valence-electron chi connectivity index (χ0n) is 15.6. The maximum absolute atomic E-state index is 12.9. The van der Waals surface area contributed by atoms with Crippen LogP contribution in [-0.4, -0.2) is 65.1 Å². The number of carbonyl (C=O) groups is 3. The van der Waals surface area contributed by atoms with E-state index in [1.807, 2.05) is 24.3 Å². The normalized spacial score (nSPS) is 19.9. The van der Waals surface area contributed by atoms with Gasteiger partial charge >= 0.3 is 0 Å². The fourth-order valence-corrected chi connectivity index (χ4v) is 3.83. The Morgan fingerprint density at radius 3 is 2.36 bits per heavy atom. The number of piperazine rings is 1. The third-order valence-electron chi connectivity index (χ3n) is 5.39. The lowest BCUT2D eigenvalue weighted by molar-refractivity contribution is -0.137. The monoisotopic (exact) mass is 381 g/mol. The van der Waals surface area contributed by atoms with Gasteiger partial charge in [0.2, 0.25) is 11.8 Å². The molecule has 0 radical (unpaired) electrons. The van der Waals surface area contributed by atoms with Crippen molar-refractivity contribution in [3.63, 3.8) is 0 Å². The Labute approximate surface area is 163 Å². The molecular weight excluding hydrogens is 358 g/mol. The van der Waals surface area contributed by atoms with E-state index in [0.717, 1.165) is 5.76 Å². The Morgan fingerprint density at radius 2 is 1.68 bits per heavy atom. The van der Waals surface area contributed by atoms with Crippen LogP contribution >= 0.6 is 0 Å². The van der Waals surface area contributed by atoms with Crippen molar-refractivity contribution in [3.8, 4) is 0 Å². The number of carbonyl (C=O) groups excluding carboxylic acids is 3. The van der Waals surface area contributed by atoms with Crippen LogP contribution in [0.5, 0.6) is 0 Å². The second-order valence-electron chi connectivity index (χ2n) is 7.24. The van der Waals surface area contributed by atoms with Gasteiger partial charge in [0, 0.05) is 44.7 Å². The topological polar surface area (TPSA) is 74.1 Å². The molecule has 1 atom stereocenters. The van der Waals surface area contributed by atoms with Gasteiger partial charge in [-0.1, -0.05) is 18.2 Å². The van der Waals surface area contributed by atoms with Crippen molar-refractivity contribution < 1.29 is 18.8 Å². The van der Waals surface area contributed by atoms with Gasteiger partial charge in [0.15, 0.2) is 0 Å². The summed E-state index contributed by atoms with van der Waals surface area (Å²) in [7, 11) is 0. The maximum Gasteiger partial charge on any atom is 0.253 e. The Kier molecular flexibility index (Phi) is 5.14. The quantitative estimate of drug-likeness (QED) is 0.807. The molecule has 0 spiro atoms. The number of furan rings is 1. The summed E-state index contributed by atoms with van der Waals surface area (Å²) in [6.07, 6.45) is 1.82. The standard InChI is InChI=1S/C21H23N3O4/c25-19-13-17(14-24(19)15-18-7-4-12-28-18)21(27)23-10-8-22(9-11-23)20(26)16-5-2-1-3-6-16/h1-7,12,17H,8-11,13-15H2. The predicted molar refractivity (Wildman–Crippen MR) is 101 cm³/mol. The molecular formula is C21H23N3O4. The minimum Gasteiger partial charge on any atom is -0.467 e. The van der Waals surface area contributed by atoms with E-state index in [1.165, 1.54) is 0 Å². The molecule has 1 unspecified atom stereocenters. The molecule has 0 aliphatic carbocycles. The maximum atomic E-state index is 12.9. The summed E-state index contributed by atoms with van der Waals surface area (Å²) in [5, 5.41) is 0. The Hall–Kier alpha value is -3.09. The fourth-order valence-electron chi connectivity index (χ4n) is 3.83. The van der Waals surface area contributed by atoms with Gasteiger partial charge in [-0.05, 0) is 24.3 Å². The minimum atomic E-state index is -0.321. The largest absolute Gasteiger partial charge is 0.467 e. The highest BCUT2D eigenvalue weighted by molar-refractivity contribution is 5.94. The van der Waals surface area contributed by atoms with Crippen LogP contribution in [0.15, 0.2) is 53.1 Å². The number of rotatable bonds is 4. The summed E-state index contributed by atoms with van der Waals surface area (Å²) in [6.45, 7) is 2.84. The molecule has 0 saturated carbocycles. The van der Waals surface area contributed by atoms with Crippen LogP contribution in [0.1, 0.15) is 22.5 Å². The molecule has 4 rings (SSSR count). The van der Waals surface area contributed by atoms with Gasteiger partial charge in [-0.2, -0.15) is 0 Å². The molecule has 0 bridgehead atoms. The first-order valence-electron chi connectivity index (χ1n) is 9.55. The number of hydrogen-bond donors (Lipinski definition) is 0. The van der Waals surface area contributed by atoms with Crippen molar-refractivity contribution in [2.75, 3.05) is 32.7 Å². The zero-order valence-corrected chi connectivity index (χ0v) is 15.6. The zero-order chi connectivity index (χ0) is 19.5. The average molecular weight is 381 g/mol. The average Bonchev–Trinajstić information content (AvgIpc) is 3.38. The van der Waals surface area contributed by atoms with Gasteiger partial charge in [-0.15, -0.1) is 0 Å². The molecule has 28 heavy (non-hydrogen) atoms. The van der Waals surface area contributed by atoms with E-state index in [1.54, 1.807) is 39.2 Å². The number of benzene rings is 1. The summed E-state index contributed by atoms with van der Waals surface area (Å²) in [5.74, 6) is 0.372. The summed E-state index contributed by atoms with van der Waals surface area (Å²) in [5.41, 5.74) is 0.664. The SMILES string of the molecule is O=C1CC(C(=O)N2CCN(C(=O)c3ccccc3)CC2)CN1Cc1ccco1. The van der Waals surface area contributed by atoms with Gasteiger partial charge in [-0.25, -0.2) is 0 Å². The van der Waals surface area contributed by atoms with Gasteiger partial charge in [0.05, 0.1) is 18.7 Å². The summed E-state index contributed by atoms with van der Waals surface area (Å²) < 4.78 is 5.30. The van der Waals surface area contributed by atoms with E-state index >= 15 is 0 Å². The molecule has 7 heteroatoms. The van der Waals surface area contributed by atoms with Crippen LogP contribution < -0.4 is 0 Å². The van der Waals surface area contributed by atoms with E-state index in [4.69, 9.17) is 4.42 Å². The van der Waals surface area contributed by atoms with Crippen molar-refractivity contribution in [1.29, 1.82) is 0 Å². The molecule has 2 aliphatic rings. The van der Waals surface area contributed by atoms with E-state index in [-0.39, 0.29) is 30.1 Å². The summed E-state index contributed by atoms with van der Waals surface area (Å²) in [6, 6.07) is 12.8. The molecule has 2 fully saturated rings. The van der Waals surface area contributed by atoms with Crippen LogP contribution in [0.2, 0.25) is 0 Å². The van der Waals surface area contributed by atoms with E-state index in [0.29, 0.717) is 44.8 Å².